The van der Waals surface area contributed by atoms with E-state index in [0.717, 1.165) is 77.5 Å². The van der Waals surface area contributed by atoms with Crippen LogP contribution in [-0.4, -0.2) is 114 Å². The highest BCUT2D eigenvalue weighted by atomic mass is 16.2. The van der Waals surface area contributed by atoms with Gasteiger partial charge in [0.05, 0.1) is 24.2 Å². The molecule has 2 aliphatic heterocycles. The molecule has 16 heteroatoms. The van der Waals surface area contributed by atoms with E-state index in [9.17, 15) is 33.6 Å². The van der Waals surface area contributed by atoms with Crippen molar-refractivity contribution in [1.29, 1.82) is 0 Å². The van der Waals surface area contributed by atoms with Gasteiger partial charge in [0.2, 0.25) is 35.4 Å². The molecule has 438 valence electrons. The maximum absolute atomic E-state index is 15.0. The second-order valence-corrected chi connectivity index (χ2v) is 24.3. The number of benzene rings is 5. The summed E-state index contributed by atoms with van der Waals surface area (Å²) < 4.78 is 0. The zero-order chi connectivity index (χ0) is 59.0. The molecule has 0 radical (unpaired) electrons. The van der Waals surface area contributed by atoms with E-state index in [2.05, 4.69) is 55.4 Å². The number of likely N-dealkylation sites (tertiary alicyclic amines) is 1. The Morgan fingerprint density at radius 3 is 1.60 bits per heavy atom. The zero-order valence-corrected chi connectivity index (χ0v) is 49.2. The third-order valence-electron chi connectivity index (χ3n) is 17.5. The van der Waals surface area contributed by atoms with Crippen LogP contribution in [0.2, 0.25) is 0 Å². The monoisotopic (exact) mass is 1130 g/mol. The van der Waals surface area contributed by atoms with Gasteiger partial charge in [0.25, 0.3) is 5.91 Å². The summed E-state index contributed by atoms with van der Waals surface area (Å²) in [6.45, 7) is 9.44. The average Bonchev–Trinajstić information content (AvgIpc) is 3.99. The SMILES string of the molecule is CN[C@@H](C)C(=O)NC(Cc1ccc(CCc2ccc(C(=O)N[C@H]3CC(C(=O)NC4CCCc5ccccc54)N(C(=O)C(NC(=O)[C@H](C)NC)C(C)(C)C)C3)cc2)cc1)C(=O)N1Cc2ccccc2CC1C(=O)NC1CCCc2ccccc21. The van der Waals surface area contributed by atoms with Crippen LogP contribution >= 0.6 is 0 Å². The Kier molecular flexibility index (Phi) is 19.3. The number of likely N-dealkylation sites (N-methyl/N-ethyl adjacent to an activating group) is 2. The van der Waals surface area contributed by atoms with Crippen LogP contribution in [0.5, 0.6) is 0 Å². The molecule has 7 amide bonds. The lowest BCUT2D eigenvalue weighted by atomic mass is 9.85. The molecule has 0 spiro atoms. The van der Waals surface area contributed by atoms with Crippen LogP contribution in [0, 0.1) is 5.41 Å². The molecule has 9 rings (SSSR count). The second-order valence-electron chi connectivity index (χ2n) is 24.3. The molecule has 16 nitrogen and oxygen atoms in total. The Morgan fingerprint density at radius 2 is 1.05 bits per heavy atom. The molecule has 2 heterocycles. The van der Waals surface area contributed by atoms with Gasteiger partial charge < -0.3 is 47.0 Å². The first-order chi connectivity index (χ1) is 39.9. The Bertz CT molecular complexity index is 3160. The number of nitrogens with zero attached hydrogens (tertiary/aromatic N) is 2. The first-order valence-corrected chi connectivity index (χ1v) is 29.8. The average molecular weight is 1130 g/mol. The fourth-order valence-electron chi connectivity index (χ4n) is 12.3. The quantitative estimate of drug-likeness (QED) is 0.0495. The van der Waals surface area contributed by atoms with Crippen molar-refractivity contribution in [3.63, 3.8) is 0 Å². The summed E-state index contributed by atoms with van der Waals surface area (Å²) in [5.74, 6) is -2.17. The molecule has 6 unspecified atom stereocenters. The van der Waals surface area contributed by atoms with Crippen molar-refractivity contribution in [2.24, 2.45) is 5.41 Å². The number of fused-ring (bicyclic) bond motifs is 3. The van der Waals surface area contributed by atoms with Gasteiger partial charge in [-0.25, -0.2) is 0 Å². The van der Waals surface area contributed by atoms with Gasteiger partial charge in [-0.15, -0.1) is 0 Å². The summed E-state index contributed by atoms with van der Waals surface area (Å²) in [5.41, 5.74) is 9.32. The first-order valence-electron chi connectivity index (χ1n) is 29.8. The van der Waals surface area contributed by atoms with Gasteiger partial charge in [0.15, 0.2) is 0 Å². The highest BCUT2D eigenvalue weighted by molar-refractivity contribution is 5.97. The lowest BCUT2D eigenvalue weighted by Crippen LogP contribution is -2.59. The molecule has 7 N–H and O–H groups in total. The Morgan fingerprint density at radius 1 is 0.554 bits per heavy atom. The molecule has 9 atom stereocenters. The Balaban J connectivity index is 0.844. The molecule has 1 fully saturated rings. The number of amides is 7. The molecule has 0 aromatic heterocycles. The maximum Gasteiger partial charge on any atom is 0.251 e. The minimum atomic E-state index is -0.941. The van der Waals surface area contributed by atoms with Gasteiger partial charge in [-0.05, 0) is 153 Å². The molecule has 5 aromatic rings. The van der Waals surface area contributed by atoms with Crippen molar-refractivity contribution in [3.05, 3.63) is 177 Å². The van der Waals surface area contributed by atoms with E-state index < -0.39 is 47.7 Å². The number of nitrogens with one attached hydrogen (secondary N) is 7. The number of hydrogen-bond donors (Lipinski definition) is 7. The molecule has 0 bridgehead atoms. The van der Waals surface area contributed by atoms with Crippen LogP contribution in [0.1, 0.15) is 139 Å². The van der Waals surface area contributed by atoms with Gasteiger partial charge in [-0.2, -0.15) is 0 Å². The van der Waals surface area contributed by atoms with E-state index in [1.165, 1.54) is 16.0 Å². The van der Waals surface area contributed by atoms with E-state index in [1.807, 2.05) is 112 Å². The fourth-order valence-corrected chi connectivity index (χ4v) is 12.3. The smallest absolute Gasteiger partial charge is 0.251 e. The van der Waals surface area contributed by atoms with E-state index >= 15 is 0 Å². The molecule has 1 saturated heterocycles. The largest absolute Gasteiger partial charge is 0.347 e. The Labute approximate surface area is 489 Å². The summed E-state index contributed by atoms with van der Waals surface area (Å²) in [4.78, 5) is 102. The van der Waals surface area contributed by atoms with Crippen LogP contribution in [0.15, 0.2) is 121 Å². The molecule has 0 saturated carbocycles. The van der Waals surface area contributed by atoms with Gasteiger partial charge in [-0.1, -0.05) is 130 Å². The molecule has 2 aliphatic carbocycles. The predicted octanol–water partition coefficient (Wildman–Crippen LogP) is 6.29. The van der Waals surface area contributed by atoms with Crippen LogP contribution < -0.4 is 37.2 Å². The van der Waals surface area contributed by atoms with Gasteiger partial charge in [0, 0.05) is 37.5 Å². The normalized spacial score (nSPS) is 20.7. The van der Waals surface area contributed by atoms with Crippen molar-refractivity contribution >= 4 is 41.4 Å². The summed E-state index contributed by atoms with van der Waals surface area (Å²) in [5, 5.41) is 21.6. The second kappa shape index (κ2) is 26.7. The van der Waals surface area contributed by atoms with E-state index in [1.54, 1.807) is 45.0 Å². The van der Waals surface area contributed by atoms with E-state index in [4.69, 9.17) is 0 Å². The zero-order valence-electron chi connectivity index (χ0n) is 49.2. The molecular weight excluding hydrogens is 1040 g/mol. The summed E-state index contributed by atoms with van der Waals surface area (Å²) in [6, 6.07) is 34.2. The van der Waals surface area contributed by atoms with Crippen LogP contribution in [0.25, 0.3) is 0 Å². The number of hydrogen-bond acceptors (Lipinski definition) is 9. The first kappa shape index (κ1) is 59.9. The minimum absolute atomic E-state index is 0.0924. The van der Waals surface area contributed by atoms with Crippen LogP contribution in [0.4, 0.5) is 0 Å². The molecule has 5 aromatic carbocycles. The van der Waals surface area contributed by atoms with Gasteiger partial charge in [-0.3, -0.25) is 33.6 Å². The van der Waals surface area contributed by atoms with E-state index in [-0.39, 0.29) is 79.4 Å². The van der Waals surface area contributed by atoms with Crippen molar-refractivity contribution < 1.29 is 33.6 Å². The lowest BCUT2D eigenvalue weighted by Gasteiger charge is -2.39. The number of aryl methyl sites for hydroxylation is 4. The van der Waals surface area contributed by atoms with Gasteiger partial charge >= 0.3 is 0 Å². The van der Waals surface area contributed by atoms with Crippen molar-refractivity contribution in [2.45, 2.75) is 166 Å². The summed E-state index contributed by atoms with van der Waals surface area (Å²) >= 11 is 0. The molecule has 4 aliphatic rings. The summed E-state index contributed by atoms with van der Waals surface area (Å²) in [6.07, 6.45) is 7.54. The van der Waals surface area contributed by atoms with Crippen LogP contribution in [0.3, 0.4) is 0 Å². The third-order valence-corrected chi connectivity index (χ3v) is 17.5. The highest BCUT2D eigenvalue weighted by Crippen LogP contribution is 2.34. The Hall–Kier alpha value is -7.69. The third kappa shape index (κ3) is 14.4. The predicted molar refractivity (Wildman–Crippen MR) is 321 cm³/mol. The standard InChI is InChI=1S/C67H83N9O7/c1-41(68-6)60(77)73-56(65(82)75-39-50-19-9-8-18-49(50)37-57(75)63(80)71-54-24-14-20-46-16-10-12-22-52(46)54)36-45-30-28-43(29-31-45)26-27-44-32-34-48(35-33-44)62(79)70-51-38-58(64(81)72-55-25-15-21-47-17-11-13-23-53(47)55)76(40-51)66(83)59(67(3,4)5)74-61(78)42(2)69-7/h8-13,16-19,22-23,28-35,41-42,51,54-59,68-69H,14-15,20-21,24-27,36-40H2,1-7H3,(H,70,79)(H,71,80)(H,72,81)(H,73,77)(H,74,78)/t41-,42-,51-,54?,55?,56?,57?,58?,59?/m0/s1. The van der Waals surface area contributed by atoms with Crippen LogP contribution in [-0.2, 0) is 73.8 Å². The topological polar surface area (TPSA) is 210 Å². The van der Waals surface area contributed by atoms with E-state index in [0.29, 0.717) is 24.8 Å². The molecular formula is C67H83N9O7. The number of carbonyl (C=O) groups is 7. The lowest BCUT2D eigenvalue weighted by molar-refractivity contribution is -0.145. The van der Waals surface area contributed by atoms with Crippen molar-refractivity contribution in [2.75, 3.05) is 20.6 Å². The maximum atomic E-state index is 15.0. The fraction of sp³-hybridized carbons (Fsp3) is 0.448. The van der Waals surface area contributed by atoms with Gasteiger partial charge in [0.1, 0.15) is 24.2 Å². The number of carbonyl (C=O) groups excluding carboxylic acids is 7. The number of rotatable bonds is 19. The molecule has 83 heavy (non-hydrogen) atoms. The van der Waals surface area contributed by atoms with Crippen molar-refractivity contribution in [1.82, 2.24) is 47.0 Å². The van der Waals surface area contributed by atoms with Crippen molar-refractivity contribution in [3.8, 4) is 0 Å². The summed E-state index contributed by atoms with van der Waals surface area (Å²) in [7, 11) is 3.37. The minimum Gasteiger partial charge on any atom is -0.347 e. The highest BCUT2D eigenvalue weighted by Gasteiger charge is 2.46.